The molecule has 0 saturated carbocycles. The van der Waals surface area contributed by atoms with Gasteiger partial charge in [-0.2, -0.15) is 0 Å². The van der Waals surface area contributed by atoms with Crippen molar-refractivity contribution in [1.29, 1.82) is 0 Å². The highest BCUT2D eigenvalue weighted by molar-refractivity contribution is 5.78. The Balaban J connectivity index is 3.84. The molecule has 0 saturated heterocycles. The van der Waals surface area contributed by atoms with Crippen molar-refractivity contribution in [2.24, 2.45) is 5.92 Å². The highest BCUT2D eigenvalue weighted by Crippen LogP contribution is 2.06. The number of hydrogen-bond acceptors (Lipinski definition) is 1. The molecule has 1 N–H and O–H groups in total. The van der Waals surface area contributed by atoms with Gasteiger partial charge < -0.3 is 5.32 Å². The lowest BCUT2D eigenvalue weighted by Crippen LogP contribution is -2.28. The van der Waals surface area contributed by atoms with Crippen LogP contribution >= 0.6 is 0 Å². The topological polar surface area (TPSA) is 29.1 Å². The van der Waals surface area contributed by atoms with Crippen LogP contribution in [0.25, 0.3) is 0 Å². The van der Waals surface area contributed by atoms with Crippen molar-refractivity contribution < 1.29 is 4.79 Å². The third kappa shape index (κ3) is 8.73. The van der Waals surface area contributed by atoms with Crippen LogP contribution in [0.1, 0.15) is 53.9 Å². The lowest BCUT2D eigenvalue weighted by atomic mass is 10.1. The summed E-state index contributed by atoms with van der Waals surface area (Å²) < 4.78 is 0. The minimum atomic E-state index is 0.120. The van der Waals surface area contributed by atoms with Gasteiger partial charge >= 0.3 is 0 Å². The fourth-order valence-corrected chi connectivity index (χ4v) is 1.38. The molecule has 0 aromatic rings. The summed E-state index contributed by atoms with van der Waals surface area (Å²) in [5.74, 6) is 0.273. The third-order valence-corrected chi connectivity index (χ3v) is 2.88. The minimum absolute atomic E-state index is 0.120. The van der Waals surface area contributed by atoms with Crippen LogP contribution in [0, 0.1) is 5.92 Å². The molecule has 1 unspecified atom stereocenters. The molecule has 0 aliphatic rings. The van der Waals surface area contributed by atoms with Gasteiger partial charge in [0.1, 0.15) is 0 Å². The Labute approximate surface area is 106 Å². The van der Waals surface area contributed by atoms with Gasteiger partial charge in [-0.15, -0.1) is 0 Å². The summed E-state index contributed by atoms with van der Waals surface area (Å²) in [6.07, 6.45) is 7.41. The van der Waals surface area contributed by atoms with Gasteiger partial charge in [0.25, 0.3) is 0 Å². The Morgan fingerprint density at radius 1 is 1.24 bits per heavy atom. The van der Waals surface area contributed by atoms with E-state index in [0.717, 1.165) is 19.3 Å². The highest BCUT2D eigenvalue weighted by Gasteiger charge is 2.07. The number of allylic oxidation sites excluding steroid dienone is 3. The van der Waals surface area contributed by atoms with E-state index in [9.17, 15) is 4.79 Å². The zero-order chi connectivity index (χ0) is 13.3. The maximum atomic E-state index is 11.5. The Kier molecular flexibility index (Phi) is 8.47. The molecule has 0 heterocycles. The molecule has 0 spiro atoms. The van der Waals surface area contributed by atoms with E-state index in [1.807, 2.05) is 13.8 Å². The SMILES string of the molecule is CCC(C)C(=O)NC/C=C(\C)CCC=C(C)C. The maximum Gasteiger partial charge on any atom is 0.223 e. The van der Waals surface area contributed by atoms with E-state index >= 15 is 0 Å². The molecule has 17 heavy (non-hydrogen) atoms. The average molecular weight is 237 g/mol. The highest BCUT2D eigenvalue weighted by atomic mass is 16.1. The summed E-state index contributed by atoms with van der Waals surface area (Å²) in [4.78, 5) is 11.5. The number of carbonyl (C=O) groups excluding carboxylic acids is 1. The summed E-state index contributed by atoms with van der Waals surface area (Å²) in [6, 6.07) is 0. The Morgan fingerprint density at radius 2 is 1.88 bits per heavy atom. The van der Waals surface area contributed by atoms with Crippen LogP contribution in [0.3, 0.4) is 0 Å². The number of hydrogen-bond donors (Lipinski definition) is 1. The normalized spacial score (nSPS) is 13.1. The first-order valence-electron chi connectivity index (χ1n) is 6.54. The fourth-order valence-electron chi connectivity index (χ4n) is 1.38. The van der Waals surface area contributed by atoms with Crippen molar-refractivity contribution in [3.05, 3.63) is 23.3 Å². The van der Waals surface area contributed by atoms with Crippen molar-refractivity contribution >= 4 is 5.91 Å². The van der Waals surface area contributed by atoms with Crippen LogP contribution in [0.5, 0.6) is 0 Å². The second kappa shape index (κ2) is 9.03. The molecule has 1 atom stereocenters. The molecule has 0 radical (unpaired) electrons. The minimum Gasteiger partial charge on any atom is -0.352 e. The van der Waals surface area contributed by atoms with Gasteiger partial charge in [-0.1, -0.05) is 37.1 Å². The van der Waals surface area contributed by atoms with Crippen LogP contribution in [0.15, 0.2) is 23.3 Å². The van der Waals surface area contributed by atoms with Crippen molar-refractivity contribution in [2.75, 3.05) is 6.54 Å². The smallest absolute Gasteiger partial charge is 0.223 e. The van der Waals surface area contributed by atoms with Gasteiger partial charge in [0.05, 0.1) is 0 Å². The molecule has 0 bridgehead atoms. The van der Waals surface area contributed by atoms with E-state index in [-0.39, 0.29) is 11.8 Å². The van der Waals surface area contributed by atoms with E-state index in [1.54, 1.807) is 0 Å². The lowest BCUT2D eigenvalue weighted by Gasteiger charge is -2.08. The molecule has 98 valence electrons. The van der Waals surface area contributed by atoms with Gasteiger partial charge in [-0.05, 0) is 40.0 Å². The Hall–Kier alpha value is -1.05. The van der Waals surface area contributed by atoms with Gasteiger partial charge in [-0.3, -0.25) is 4.79 Å². The molecular formula is C15H27NO. The summed E-state index contributed by atoms with van der Waals surface area (Å²) in [7, 11) is 0. The monoisotopic (exact) mass is 237 g/mol. The second-order valence-electron chi connectivity index (χ2n) is 4.93. The first kappa shape index (κ1) is 16.0. The molecule has 2 heteroatoms. The first-order valence-corrected chi connectivity index (χ1v) is 6.54. The molecule has 0 rings (SSSR count). The molecule has 1 amide bonds. The molecular weight excluding hydrogens is 210 g/mol. The van der Waals surface area contributed by atoms with Crippen molar-refractivity contribution in [3.8, 4) is 0 Å². The molecule has 0 aliphatic carbocycles. The van der Waals surface area contributed by atoms with Crippen molar-refractivity contribution in [3.63, 3.8) is 0 Å². The zero-order valence-corrected chi connectivity index (χ0v) is 12.0. The lowest BCUT2D eigenvalue weighted by molar-refractivity contribution is -0.124. The van der Waals surface area contributed by atoms with Gasteiger partial charge in [0, 0.05) is 12.5 Å². The predicted molar refractivity (Wildman–Crippen MR) is 74.9 cm³/mol. The van der Waals surface area contributed by atoms with Crippen LogP contribution in [-0.4, -0.2) is 12.5 Å². The van der Waals surface area contributed by atoms with E-state index in [1.165, 1.54) is 11.1 Å². The second-order valence-corrected chi connectivity index (χ2v) is 4.93. The van der Waals surface area contributed by atoms with E-state index < -0.39 is 0 Å². The van der Waals surface area contributed by atoms with Gasteiger partial charge in [-0.25, -0.2) is 0 Å². The summed E-state index contributed by atoms with van der Waals surface area (Å²) in [5.41, 5.74) is 2.70. The summed E-state index contributed by atoms with van der Waals surface area (Å²) in [6.45, 7) is 11.0. The summed E-state index contributed by atoms with van der Waals surface area (Å²) >= 11 is 0. The predicted octanol–water partition coefficient (Wildman–Crippen LogP) is 3.84. The third-order valence-electron chi connectivity index (χ3n) is 2.88. The Morgan fingerprint density at radius 3 is 2.41 bits per heavy atom. The van der Waals surface area contributed by atoms with Gasteiger partial charge in [0.2, 0.25) is 5.91 Å². The van der Waals surface area contributed by atoms with E-state index in [0.29, 0.717) is 6.54 Å². The molecule has 2 nitrogen and oxygen atoms in total. The Bertz CT molecular complexity index is 285. The molecule has 0 aromatic heterocycles. The standard InChI is InChI=1S/C15H27NO/c1-6-14(5)15(17)16-11-10-13(4)9-7-8-12(2)3/h8,10,14H,6-7,9,11H2,1-5H3,(H,16,17)/b13-10+. The first-order chi connectivity index (χ1) is 7.97. The zero-order valence-electron chi connectivity index (χ0n) is 12.0. The van der Waals surface area contributed by atoms with E-state index in [2.05, 4.69) is 38.2 Å². The number of rotatable bonds is 7. The molecule has 0 fully saturated rings. The van der Waals surface area contributed by atoms with E-state index in [4.69, 9.17) is 0 Å². The van der Waals surface area contributed by atoms with Crippen LogP contribution < -0.4 is 5.32 Å². The van der Waals surface area contributed by atoms with Crippen molar-refractivity contribution in [1.82, 2.24) is 5.32 Å². The largest absolute Gasteiger partial charge is 0.352 e. The number of nitrogens with one attached hydrogen (secondary N) is 1. The van der Waals surface area contributed by atoms with Crippen LogP contribution in [0.2, 0.25) is 0 Å². The fraction of sp³-hybridized carbons (Fsp3) is 0.667. The van der Waals surface area contributed by atoms with Gasteiger partial charge in [0.15, 0.2) is 0 Å². The number of carbonyl (C=O) groups is 1. The summed E-state index contributed by atoms with van der Waals surface area (Å²) in [5, 5.41) is 2.93. The number of amides is 1. The quantitative estimate of drug-likeness (QED) is 0.670. The average Bonchev–Trinajstić information content (AvgIpc) is 2.27. The maximum absolute atomic E-state index is 11.5. The molecule has 0 aliphatic heterocycles. The van der Waals surface area contributed by atoms with Crippen molar-refractivity contribution in [2.45, 2.75) is 53.9 Å². The van der Waals surface area contributed by atoms with Crippen LogP contribution in [-0.2, 0) is 4.79 Å². The van der Waals surface area contributed by atoms with Crippen LogP contribution in [0.4, 0.5) is 0 Å². The molecule has 0 aromatic carbocycles.